The van der Waals surface area contributed by atoms with E-state index in [9.17, 15) is 9.59 Å². The monoisotopic (exact) mass is 768 g/mol. The lowest BCUT2D eigenvalue weighted by Gasteiger charge is -2.13. The molecule has 0 aromatic heterocycles. The third-order valence-corrected chi connectivity index (χ3v) is 7.40. The Hall–Kier alpha value is -3.20. The number of halogens is 2. The fraction of sp³-hybridized carbons (Fsp3) is 0.526. The smallest absolute Gasteiger partial charge is 0.221 e. The van der Waals surface area contributed by atoms with Crippen molar-refractivity contribution in [3.63, 3.8) is 0 Å². The number of rotatable bonds is 8. The average molecular weight is 770 g/mol. The summed E-state index contributed by atoms with van der Waals surface area (Å²) in [6, 6.07) is 11.1. The Bertz CT molecular complexity index is 1250. The maximum absolute atomic E-state index is 11.1. The van der Waals surface area contributed by atoms with Crippen molar-refractivity contribution >= 4 is 45.8 Å². The van der Waals surface area contributed by atoms with Gasteiger partial charge in [-0.1, -0.05) is 24.3 Å². The average Bonchev–Trinajstić information content (AvgIpc) is 3.13. The summed E-state index contributed by atoms with van der Waals surface area (Å²) in [6.07, 6.45) is 9.04. The lowest BCUT2D eigenvalue weighted by molar-refractivity contribution is -0.112. The summed E-state index contributed by atoms with van der Waals surface area (Å²) in [5, 5.41) is -0.764. The highest BCUT2D eigenvalue weighted by molar-refractivity contribution is 6.63. The molecule has 288 valence electrons. The van der Waals surface area contributed by atoms with E-state index in [1.807, 2.05) is 60.7 Å². The maximum Gasteiger partial charge on any atom is 0.221 e. The zero-order valence-electron chi connectivity index (χ0n) is 29.6. The summed E-state index contributed by atoms with van der Waals surface area (Å²) in [7, 11) is 0. The molecule has 4 aliphatic heterocycles. The highest BCUT2D eigenvalue weighted by Gasteiger charge is 2.07. The van der Waals surface area contributed by atoms with Gasteiger partial charge in [0, 0.05) is 24.0 Å². The molecule has 12 nitrogen and oxygen atoms in total. The fourth-order valence-corrected chi connectivity index (χ4v) is 4.73. The Kier molecular flexibility index (Phi) is 23.5. The highest BCUT2D eigenvalue weighted by atomic mass is 35.5. The molecule has 6 rings (SSSR count). The van der Waals surface area contributed by atoms with E-state index in [4.69, 9.17) is 70.6 Å². The zero-order valence-corrected chi connectivity index (χ0v) is 31.1. The molecule has 2 aromatic rings. The first kappa shape index (κ1) is 43.2. The standard InChI is InChI=1S/C38H50Cl2O12/c39-37(41)7-3-1-5-31-29-33-9-11-35(31)51-27-23-47-19-15-43-14-18-46-22-26-50-34-10-12-36(32(30-34)6-2-4-8-38(40)42)52-28-24-48-20-16-44-13-17-45-21-25-49-33/h1-2,5-6,9-12,29-30H,3-4,7-8,13-28H2/b5-1+,6-2+. The number of hydrogen-bond acceptors (Lipinski definition) is 12. The second-order valence-corrected chi connectivity index (χ2v) is 11.9. The maximum atomic E-state index is 11.1. The van der Waals surface area contributed by atoms with Gasteiger partial charge in [-0.2, -0.15) is 0 Å². The van der Waals surface area contributed by atoms with Gasteiger partial charge in [0.05, 0.1) is 79.3 Å². The van der Waals surface area contributed by atoms with E-state index in [-0.39, 0.29) is 23.3 Å². The number of carbonyl (C=O) groups excluding carboxylic acids is 2. The van der Waals surface area contributed by atoms with Crippen LogP contribution in [0.15, 0.2) is 48.6 Å². The molecule has 0 atom stereocenters. The first-order chi connectivity index (χ1) is 25.5. The van der Waals surface area contributed by atoms with E-state index < -0.39 is 0 Å². The van der Waals surface area contributed by atoms with E-state index in [0.29, 0.717) is 142 Å². The van der Waals surface area contributed by atoms with Crippen LogP contribution in [-0.2, 0) is 38.0 Å². The van der Waals surface area contributed by atoms with E-state index in [0.717, 1.165) is 11.1 Å². The number of allylic oxidation sites excluding steroid dienone is 2. The second kappa shape index (κ2) is 28.3. The lowest BCUT2D eigenvalue weighted by Crippen LogP contribution is -2.15. The first-order valence-corrected chi connectivity index (χ1v) is 18.2. The van der Waals surface area contributed by atoms with Gasteiger partial charge in [-0.05, 0) is 72.4 Å². The third-order valence-electron chi connectivity index (χ3n) is 7.02. The number of hydrogen-bond donors (Lipinski definition) is 0. The van der Waals surface area contributed by atoms with Gasteiger partial charge in [0.15, 0.2) is 0 Å². The molecule has 14 heteroatoms. The minimum absolute atomic E-state index is 0.251. The van der Waals surface area contributed by atoms with Crippen LogP contribution in [0.2, 0.25) is 0 Å². The quantitative estimate of drug-likeness (QED) is 0.287. The van der Waals surface area contributed by atoms with Crippen LogP contribution in [0.5, 0.6) is 23.0 Å². The molecule has 2 aromatic carbocycles. The van der Waals surface area contributed by atoms with E-state index in [2.05, 4.69) is 0 Å². The molecule has 0 saturated carbocycles. The topological polar surface area (TPSA) is 126 Å². The molecular formula is C38H50Cl2O12. The third kappa shape index (κ3) is 20.7. The molecule has 0 saturated heterocycles. The summed E-state index contributed by atoms with van der Waals surface area (Å²) >= 11 is 10.9. The predicted molar refractivity (Wildman–Crippen MR) is 198 cm³/mol. The highest BCUT2D eigenvalue weighted by Crippen LogP contribution is 2.27. The van der Waals surface area contributed by atoms with Crippen LogP contribution in [0, 0.1) is 0 Å². The van der Waals surface area contributed by atoms with Crippen molar-refractivity contribution in [2.24, 2.45) is 0 Å². The SMILES string of the molecule is O=C(Cl)CC/C=C/c1cc2ccc1OCCOCCOCCOCCOc1ccc(c(/C=C/CCC(=O)Cl)c1)OCCOCCOCCOCCO2. The van der Waals surface area contributed by atoms with Gasteiger partial charge < -0.3 is 47.4 Å². The van der Waals surface area contributed by atoms with E-state index in [1.54, 1.807) is 0 Å². The van der Waals surface area contributed by atoms with Gasteiger partial charge in [-0.15, -0.1) is 0 Å². The summed E-state index contributed by atoms with van der Waals surface area (Å²) in [4.78, 5) is 22.2. The minimum Gasteiger partial charge on any atom is -0.491 e. The van der Waals surface area contributed by atoms with Crippen molar-refractivity contribution < 1.29 is 57.0 Å². The van der Waals surface area contributed by atoms with Crippen molar-refractivity contribution in [3.05, 3.63) is 59.7 Å². The molecule has 0 N–H and O–H groups in total. The Morgan fingerprint density at radius 2 is 0.769 bits per heavy atom. The van der Waals surface area contributed by atoms with Crippen molar-refractivity contribution in [2.75, 3.05) is 106 Å². The van der Waals surface area contributed by atoms with Gasteiger partial charge in [0.1, 0.15) is 49.4 Å². The van der Waals surface area contributed by atoms with Crippen LogP contribution in [0.3, 0.4) is 0 Å². The van der Waals surface area contributed by atoms with Crippen molar-refractivity contribution in [1.82, 2.24) is 0 Å². The molecule has 4 bridgehead atoms. The van der Waals surface area contributed by atoms with E-state index >= 15 is 0 Å². The van der Waals surface area contributed by atoms with Gasteiger partial charge in [-0.3, -0.25) is 9.59 Å². The second-order valence-electron chi connectivity index (χ2n) is 11.1. The zero-order chi connectivity index (χ0) is 36.9. The molecule has 0 spiro atoms. The molecule has 52 heavy (non-hydrogen) atoms. The van der Waals surface area contributed by atoms with Gasteiger partial charge >= 0.3 is 0 Å². The molecule has 0 unspecified atom stereocenters. The van der Waals surface area contributed by atoms with Gasteiger partial charge in [0.25, 0.3) is 0 Å². The molecule has 4 aliphatic rings. The number of ether oxygens (including phenoxy) is 10. The molecule has 0 amide bonds. The Morgan fingerprint density at radius 1 is 0.462 bits per heavy atom. The van der Waals surface area contributed by atoms with Crippen molar-refractivity contribution in [2.45, 2.75) is 25.7 Å². The number of carbonyl (C=O) groups is 2. The predicted octanol–water partition coefficient (Wildman–Crippen LogP) is 6.13. The largest absolute Gasteiger partial charge is 0.491 e. The fourth-order valence-electron chi connectivity index (χ4n) is 4.51. The molecular weight excluding hydrogens is 719 g/mol. The van der Waals surface area contributed by atoms with Crippen molar-refractivity contribution in [1.29, 1.82) is 0 Å². The van der Waals surface area contributed by atoms with Crippen LogP contribution in [0.1, 0.15) is 36.8 Å². The van der Waals surface area contributed by atoms with Crippen LogP contribution in [0.25, 0.3) is 12.2 Å². The van der Waals surface area contributed by atoms with E-state index in [1.165, 1.54) is 0 Å². The molecule has 0 radical (unpaired) electrons. The number of benzene rings is 2. The van der Waals surface area contributed by atoms with Crippen LogP contribution in [0.4, 0.5) is 0 Å². The molecule has 0 aliphatic carbocycles. The Labute approximate surface area is 316 Å². The summed E-state index contributed by atoms with van der Waals surface area (Å²) in [5.41, 5.74) is 1.61. The van der Waals surface area contributed by atoms with Gasteiger partial charge in [0.2, 0.25) is 10.5 Å². The first-order valence-electron chi connectivity index (χ1n) is 17.5. The summed E-state index contributed by atoms with van der Waals surface area (Å²) in [6.45, 7) is 6.30. The Balaban J connectivity index is 1.49. The Morgan fingerprint density at radius 3 is 1.10 bits per heavy atom. The normalized spacial score (nSPS) is 17.4. The van der Waals surface area contributed by atoms with Gasteiger partial charge in [-0.25, -0.2) is 0 Å². The summed E-state index contributed by atoms with van der Waals surface area (Å²) < 4.78 is 57.5. The lowest BCUT2D eigenvalue weighted by atomic mass is 10.1. The molecule has 4 heterocycles. The van der Waals surface area contributed by atoms with Crippen LogP contribution >= 0.6 is 23.2 Å². The summed E-state index contributed by atoms with van der Waals surface area (Å²) in [5.74, 6) is 2.64. The van der Waals surface area contributed by atoms with Crippen LogP contribution in [-0.4, -0.2) is 116 Å². The van der Waals surface area contributed by atoms with Crippen LogP contribution < -0.4 is 18.9 Å². The minimum atomic E-state index is -0.382. The molecule has 0 fully saturated rings. The van der Waals surface area contributed by atoms with Crippen molar-refractivity contribution in [3.8, 4) is 23.0 Å².